The van der Waals surface area contributed by atoms with Gasteiger partial charge in [-0.15, -0.1) is 0 Å². The molecule has 4 aromatic carbocycles. The van der Waals surface area contributed by atoms with E-state index in [1.54, 1.807) is 36.4 Å². The lowest BCUT2D eigenvalue weighted by molar-refractivity contribution is -0.148. The molecule has 0 aromatic heterocycles. The Hall–Kier alpha value is -4.14. The van der Waals surface area contributed by atoms with Gasteiger partial charge in [0.2, 0.25) is 0 Å². The van der Waals surface area contributed by atoms with Crippen LogP contribution in [0.3, 0.4) is 0 Å². The molecule has 1 aliphatic carbocycles. The largest absolute Gasteiger partial charge is 0.489 e. The van der Waals surface area contributed by atoms with Crippen molar-refractivity contribution in [2.75, 3.05) is 11.3 Å². The molecule has 1 heterocycles. The van der Waals surface area contributed by atoms with Gasteiger partial charge in [-0.05, 0) is 91.3 Å². The summed E-state index contributed by atoms with van der Waals surface area (Å²) >= 11 is 0. The molecule has 1 atom stereocenters. The van der Waals surface area contributed by atoms with Crippen molar-refractivity contribution < 1.29 is 22.7 Å². The fraction of sp³-hybridized carbons (Fsp3) is 0.306. The molecule has 1 aliphatic heterocycles. The first kappa shape index (κ1) is 29.9. The highest BCUT2D eigenvalue weighted by molar-refractivity contribution is 7.92. The number of esters is 1. The summed E-state index contributed by atoms with van der Waals surface area (Å²) < 4.78 is 41.8. The Morgan fingerprint density at radius 1 is 0.955 bits per heavy atom. The number of nitrogens with one attached hydrogen (secondary N) is 1. The van der Waals surface area contributed by atoms with Crippen LogP contribution in [0.5, 0.6) is 5.75 Å². The number of aryl methyl sites for hydroxylation is 2. The van der Waals surface area contributed by atoms with E-state index in [4.69, 9.17) is 9.47 Å². The summed E-state index contributed by atoms with van der Waals surface area (Å²) in [5.74, 6) is 0.0779. The molecule has 228 valence electrons. The second kappa shape index (κ2) is 11.7. The van der Waals surface area contributed by atoms with Crippen LogP contribution in [0.2, 0.25) is 0 Å². The first-order chi connectivity index (χ1) is 21.0. The van der Waals surface area contributed by atoms with E-state index in [-0.39, 0.29) is 17.0 Å². The van der Waals surface area contributed by atoms with Gasteiger partial charge >= 0.3 is 5.97 Å². The number of carbonyl (C=O) groups excluding carboxylic acids is 1. The zero-order valence-electron chi connectivity index (χ0n) is 25.6. The third kappa shape index (κ3) is 6.23. The first-order valence-electron chi connectivity index (χ1n) is 14.9. The molecule has 0 unspecified atom stereocenters. The molecule has 0 amide bonds. The van der Waals surface area contributed by atoms with Gasteiger partial charge in [0.15, 0.2) is 0 Å². The number of nitrogens with zero attached hydrogens (tertiary/aromatic N) is 1. The van der Waals surface area contributed by atoms with Gasteiger partial charge in [0.25, 0.3) is 10.0 Å². The predicted molar refractivity (Wildman–Crippen MR) is 171 cm³/mol. The van der Waals surface area contributed by atoms with E-state index in [0.29, 0.717) is 30.1 Å². The van der Waals surface area contributed by atoms with Crippen LogP contribution in [0, 0.1) is 13.8 Å². The number of rotatable bonds is 7. The molecule has 4 aromatic rings. The lowest BCUT2D eigenvalue weighted by Crippen LogP contribution is -2.49. The Kier molecular flexibility index (Phi) is 7.99. The normalized spacial score (nSPS) is 16.8. The van der Waals surface area contributed by atoms with Crippen LogP contribution in [0.1, 0.15) is 58.9 Å². The highest BCUT2D eigenvalue weighted by atomic mass is 32.2. The van der Waals surface area contributed by atoms with Crippen molar-refractivity contribution in [3.63, 3.8) is 0 Å². The van der Waals surface area contributed by atoms with E-state index in [1.165, 1.54) is 29.2 Å². The number of ether oxygens (including phenoxy) is 2. The molecular formula is C36H38N2O5S. The number of fused-ring (bicyclic) bond motifs is 5. The number of carbonyl (C=O) groups is 1. The molecule has 0 saturated carbocycles. The molecular weight excluding hydrogens is 572 g/mol. The van der Waals surface area contributed by atoms with Gasteiger partial charge in [-0.25, -0.2) is 8.42 Å². The third-order valence-electron chi connectivity index (χ3n) is 8.86. The molecule has 2 aliphatic rings. The highest BCUT2D eigenvalue weighted by Crippen LogP contribution is 2.40. The van der Waals surface area contributed by atoms with E-state index < -0.39 is 22.1 Å². The van der Waals surface area contributed by atoms with Crippen molar-refractivity contribution >= 4 is 21.7 Å². The van der Waals surface area contributed by atoms with Crippen LogP contribution >= 0.6 is 0 Å². The standard InChI is InChI=1S/C36H38N2O5S/c1-24-15-29-19-36(4,20-30(29)16-25(24)2)38(21-27-9-6-5-7-10-27)22-35(43-26(3)39)33-14-13-31-18-34(33)37-44(40,41)32-12-8-11-28(17-32)23-42-31/h5-18,35,37H,19-23H2,1-4H3/t35-/m0/s1. The summed E-state index contributed by atoms with van der Waals surface area (Å²) in [5.41, 5.74) is 7.76. The summed E-state index contributed by atoms with van der Waals surface area (Å²) in [6.45, 7) is 9.18. The van der Waals surface area contributed by atoms with E-state index in [1.807, 2.05) is 24.3 Å². The van der Waals surface area contributed by atoms with Gasteiger partial charge in [-0.2, -0.15) is 0 Å². The fourth-order valence-corrected chi connectivity index (χ4v) is 7.57. The molecule has 7 nitrogen and oxygen atoms in total. The minimum absolute atomic E-state index is 0.147. The Morgan fingerprint density at radius 3 is 2.34 bits per heavy atom. The zero-order valence-corrected chi connectivity index (χ0v) is 26.4. The Bertz CT molecular complexity index is 1790. The van der Waals surface area contributed by atoms with Crippen LogP contribution in [0.15, 0.2) is 89.8 Å². The third-order valence-corrected chi connectivity index (χ3v) is 10.2. The zero-order chi connectivity index (χ0) is 31.1. The second-order valence-electron chi connectivity index (χ2n) is 12.3. The number of benzene rings is 4. The minimum Gasteiger partial charge on any atom is -0.489 e. The van der Waals surface area contributed by atoms with E-state index in [0.717, 1.165) is 24.0 Å². The van der Waals surface area contributed by atoms with Gasteiger partial charge in [-0.3, -0.25) is 14.4 Å². The lowest BCUT2D eigenvalue weighted by atomic mass is 9.93. The molecule has 8 heteroatoms. The molecule has 6 rings (SSSR count). The number of sulfonamides is 1. The van der Waals surface area contributed by atoms with Crippen LogP contribution in [0.4, 0.5) is 5.69 Å². The van der Waals surface area contributed by atoms with Crippen LogP contribution < -0.4 is 9.46 Å². The molecule has 0 spiro atoms. The second-order valence-corrected chi connectivity index (χ2v) is 14.0. The maximum absolute atomic E-state index is 13.5. The van der Waals surface area contributed by atoms with E-state index in [2.05, 4.69) is 54.7 Å². The average Bonchev–Trinajstić information content (AvgIpc) is 3.31. The molecule has 0 radical (unpaired) electrons. The average molecular weight is 611 g/mol. The van der Waals surface area contributed by atoms with Crippen molar-refractivity contribution in [1.29, 1.82) is 0 Å². The number of anilines is 1. The molecule has 0 saturated heterocycles. The predicted octanol–water partition coefficient (Wildman–Crippen LogP) is 6.66. The first-order valence-corrected chi connectivity index (χ1v) is 16.4. The monoisotopic (exact) mass is 610 g/mol. The maximum atomic E-state index is 13.5. The van der Waals surface area contributed by atoms with Gasteiger partial charge in [0.1, 0.15) is 18.5 Å². The molecule has 4 bridgehead atoms. The molecule has 1 N–H and O–H groups in total. The van der Waals surface area contributed by atoms with Crippen molar-refractivity contribution in [3.8, 4) is 5.75 Å². The summed E-state index contributed by atoms with van der Waals surface area (Å²) in [6.07, 6.45) is 0.957. The van der Waals surface area contributed by atoms with Gasteiger partial charge in [-0.1, -0.05) is 54.6 Å². The number of hydrogen-bond acceptors (Lipinski definition) is 6. The summed E-state index contributed by atoms with van der Waals surface area (Å²) in [4.78, 5) is 15.1. The fourth-order valence-electron chi connectivity index (χ4n) is 6.42. The van der Waals surface area contributed by atoms with Crippen molar-refractivity contribution in [3.05, 3.63) is 124 Å². The topological polar surface area (TPSA) is 84.9 Å². The van der Waals surface area contributed by atoms with Gasteiger partial charge < -0.3 is 9.47 Å². The van der Waals surface area contributed by atoms with Crippen molar-refractivity contribution in [2.45, 2.75) is 70.2 Å². The molecule has 0 fully saturated rings. The minimum atomic E-state index is -3.91. The van der Waals surface area contributed by atoms with Crippen LogP contribution in [-0.2, 0) is 45.5 Å². The van der Waals surface area contributed by atoms with Crippen molar-refractivity contribution in [1.82, 2.24) is 4.90 Å². The molecule has 44 heavy (non-hydrogen) atoms. The summed E-state index contributed by atoms with van der Waals surface area (Å²) in [7, 11) is -3.91. The van der Waals surface area contributed by atoms with E-state index in [9.17, 15) is 13.2 Å². The Morgan fingerprint density at radius 2 is 1.66 bits per heavy atom. The summed E-state index contributed by atoms with van der Waals surface area (Å²) in [6, 6.07) is 26.8. The lowest BCUT2D eigenvalue weighted by Gasteiger charge is -2.41. The van der Waals surface area contributed by atoms with Crippen LogP contribution in [-0.4, -0.2) is 31.4 Å². The van der Waals surface area contributed by atoms with Crippen molar-refractivity contribution in [2.24, 2.45) is 0 Å². The van der Waals surface area contributed by atoms with E-state index >= 15 is 0 Å². The van der Waals surface area contributed by atoms with Gasteiger partial charge in [0.05, 0.1) is 10.6 Å². The Labute approximate surface area is 259 Å². The smallest absolute Gasteiger partial charge is 0.303 e. The highest BCUT2D eigenvalue weighted by Gasteiger charge is 2.40. The quantitative estimate of drug-likeness (QED) is 0.236. The summed E-state index contributed by atoms with van der Waals surface area (Å²) in [5, 5.41) is 0. The van der Waals surface area contributed by atoms with Crippen LogP contribution in [0.25, 0.3) is 0 Å². The SMILES string of the molecule is CC(=O)O[C@@H](CN(Cc1ccccc1)C1(C)Cc2cc(C)c(C)cc2C1)c1ccc2cc1NS(=O)(=O)c1cccc(c1)CO2. The Balaban J connectivity index is 1.40. The number of hydrogen-bond donors (Lipinski definition) is 1. The maximum Gasteiger partial charge on any atom is 0.303 e. The van der Waals surface area contributed by atoms with Gasteiger partial charge in [0, 0.05) is 37.2 Å².